The lowest BCUT2D eigenvalue weighted by Crippen LogP contribution is -2.15. The SMILES string of the molecule is CC(C)(C)c1nn(-c2nc(Nc3cc(C(=O)O)cc(C(=O)O)c3)nc(Nc3cc(C(=O)O)cc(C(=O)O)c3)n2)c(N)c1/N=N/c1cc(C(=O)O)c(Cl)cc1Cl. The second-order valence-electron chi connectivity index (χ2n) is 12.4. The molecule has 0 bridgehead atoms. The zero-order valence-corrected chi connectivity index (χ0v) is 29.9. The van der Waals surface area contributed by atoms with E-state index in [1.165, 1.54) is 6.07 Å². The first kappa shape index (κ1) is 39.0. The van der Waals surface area contributed by atoms with Gasteiger partial charge in [-0.2, -0.15) is 24.7 Å². The molecule has 0 radical (unpaired) electrons. The molecule has 22 heteroatoms. The predicted octanol–water partition coefficient (Wildman–Crippen LogP) is 6.64. The molecule has 0 fully saturated rings. The van der Waals surface area contributed by atoms with Crippen molar-refractivity contribution in [3.8, 4) is 5.95 Å². The standard InChI is InChI=1S/C33H26Cl2N10O10/c1-33(2,3)23-22(43-42-21-10-18(29(54)55)19(34)11-20(21)35)24(36)45(44-23)32-40-30(37-16-6-12(25(46)47)4-13(7-16)26(48)49)39-31(41-32)38-17-8-14(27(50)51)5-15(9-17)28(52)53/h4-11H,36H2,1-3H3,(H,46,47)(H,48,49)(H,50,51)(H,52,53)(H,54,55)(H2,37,38,39,40,41)/b43-42+. The van der Waals surface area contributed by atoms with Gasteiger partial charge in [0.15, 0.2) is 11.5 Å². The van der Waals surface area contributed by atoms with Crippen LogP contribution >= 0.6 is 23.2 Å². The topological polar surface area (TPSA) is 318 Å². The van der Waals surface area contributed by atoms with Crippen LogP contribution in [0, 0.1) is 0 Å². The summed E-state index contributed by atoms with van der Waals surface area (Å²) in [6.45, 7) is 5.32. The molecule has 0 atom stereocenters. The van der Waals surface area contributed by atoms with Crippen LogP contribution in [0.4, 0.5) is 40.5 Å². The van der Waals surface area contributed by atoms with Crippen molar-refractivity contribution in [2.24, 2.45) is 10.2 Å². The third kappa shape index (κ3) is 8.72. The molecular weight excluding hydrogens is 767 g/mol. The van der Waals surface area contributed by atoms with Gasteiger partial charge in [-0.25, -0.2) is 24.0 Å². The molecule has 2 heterocycles. The molecule has 0 aliphatic heterocycles. The number of hydrogen-bond acceptors (Lipinski definition) is 14. The quantitative estimate of drug-likeness (QED) is 0.0614. The second-order valence-corrected chi connectivity index (χ2v) is 13.2. The Balaban J connectivity index is 1.70. The minimum atomic E-state index is -1.43. The predicted molar refractivity (Wildman–Crippen MR) is 195 cm³/mol. The molecule has 55 heavy (non-hydrogen) atoms. The molecule has 0 saturated carbocycles. The van der Waals surface area contributed by atoms with E-state index in [2.05, 4.69) is 40.9 Å². The van der Waals surface area contributed by atoms with Gasteiger partial charge in [-0.1, -0.05) is 44.0 Å². The molecular formula is C33H26Cl2N10O10. The van der Waals surface area contributed by atoms with E-state index in [0.717, 1.165) is 47.1 Å². The van der Waals surface area contributed by atoms with E-state index >= 15 is 0 Å². The van der Waals surface area contributed by atoms with Crippen LogP contribution < -0.4 is 16.4 Å². The van der Waals surface area contributed by atoms with Gasteiger partial charge in [0.1, 0.15) is 5.69 Å². The summed E-state index contributed by atoms with van der Waals surface area (Å²) in [5.74, 6) is -8.30. The fourth-order valence-corrected chi connectivity index (χ4v) is 5.29. The lowest BCUT2D eigenvalue weighted by molar-refractivity contribution is 0.0676. The fraction of sp³-hybridized carbons (Fsp3) is 0.121. The second kappa shape index (κ2) is 15.0. The molecule has 2 aromatic heterocycles. The highest BCUT2D eigenvalue weighted by molar-refractivity contribution is 6.37. The highest BCUT2D eigenvalue weighted by atomic mass is 35.5. The van der Waals surface area contributed by atoms with E-state index in [1.54, 1.807) is 20.8 Å². The number of benzene rings is 3. The summed E-state index contributed by atoms with van der Waals surface area (Å²) in [4.78, 5) is 71.7. The van der Waals surface area contributed by atoms with Gasteiger partial charge in [0.2, 0.25) is 11.9 Å². The Kier molecular flexibility index (Phi) is 10.7. The Hall–Kier alpha value is -7.19. The van der Waals surface area contributed by atoms with Gasteiger partial charge in [0, 0.05) is 16.8 Å². The average molecular weight is 794 g/mol. The summed E-state index contributed by atoms with van der Waals surface area (Å²) in [6, 6.07) is 8.60. The lowest BCUT2D eigenvalue weighted by atomic mass is 9.91. The molecule has 0 aliphatic carbocycles. The largest absolute Gasteiger partial charge is 0.478 e. The first-order valence-electron chi connectivity index (χ1n) is 15.3. The summed E-state index contributed by atoms with van der Waals surface area (Å²) in [5, 5.41) is 66.0. The number of nitrogens with two attached hydrogens (primary N) is 1. The maximum atomic E-state index is 11.8. The van der Waals surface area contributed by atoms with Crippen molar-refractivity contribution in [1.29, 1.82) is 0 Å². The Bertz CT molecular complexity index is 2320. The maximum Gasteiger partial charge on any atom is 0.337 e. The number of hydrogen-bond donors (Lipinski definition) is 8. The molecule has 20 nitrogen and oxygen atoms in total. The van der Waals surface area contributed by atoms with Crippen LogP contribution in [0.1, 0.15) is 78.3 Å². The number of aromatic nitrogens is 5. The number of anilines is 5. The Morgan fingerprint density at radius 3 is 1.51 bits per heavy atom. The normalized spacial score (nSPS) is 11.4. The smallest absolute Gasteiger partial charge is 0.337 e. The molecule has 3 aromatic carbocycles. The van der Waals surface area contributed by atoms with Crippen molar-refractivity contribution >= 4 is 93.5 Å². The average Bonchev–Trinajstić information content (AvgIpc) is 3.43. The number of aromatic carboxylic acids is 5. The summed E-state index contributed by atoms with van der Waals surface area (Å²) < 4.78 is 1.03. The summed E-state index contributed by atoms with van der Waals surface area (Å²) >= 11 is 12.3. The Morgan fingerprint density at radius 2 is 1.11 bits per heavy atom. The lowest BCUT2D eigenvalue weighted by Gasteiger charge is -2.15. The number of carboxylic acid groups (broad SMARTS) is 5. The van der Waals surface area contributed by atoms with Crippen LogP contribution in [0.5, 0.6) is 0 Å². The summed E-state index contributed by atoms with van der Waals surface area (Å²) in [5.41, 5.74) is 3.91. The van der Waals surface area contributed by atoms with Crippen LogP contribution in [-0.2, 0) is 5.41 Å². The van der Waals surface area contributed by atoms with Gasteiger partial charge in [0.05, 0.1) is 43.6 Å². The van der Waals surface area contributed by atoms with Crippen molar-refractivity contribution in [1.82, 2.24) is 24.7 Å². The van der Waals surface area contributed by atoms with Crippen molar-refractivity contribution in [3.05, 3.63) is 92.1 Å². The molecule has 0 saturated heterocycles. The Morgan fingerprint density at radius 1 is 0.655 bits per heavy atom. The van der Waals surface area contributed by atoms with Gasteiger partial charge in [-0.3, -0.25) is 0 Å². The zero-order chi connectivity index (χ0) is 40.5. The minimum absolute atomic E-state index is 0.0136. The fourth-order valence-electron chi connectivity index (χ4n) is 4.78. The molecule has 5 aromatic rings. The molecule has 0 spiro atoms. The van der Waals surface area contributed by atoms with Crippen molar-refractivity contribution in [2.45, 2.75) is 26.2 Å². The zero-order valence-electron chi connectivity index (χ0n) is 28.4. The number of halogens is 2. The molecule has 0 unspecified atom stereocenters. The van der Waals surface area contributed by atoms with Gasteiger partial charge in [-0.15, -0.1) is 10.2 Å². The van der Waals surface area contributed by atoms with E-state index in [0.29, 0.717) is 0 Å². The van der Waals surface area contributed by atoms with Gasteiger partial charge in [0.25, 0.3) is 5.95 Å². The van der Waals surface area contributed by atoms with E-state index in [1.807, 2.05) is 0 Å². The summed E-state index contributed by atoms with van der Waals surface area (Å²) in [7, 11) is 0. The van der Waals surface area contributed by atoms with Crippen molar-refractivity contribution in [3.63, 3.8) is 0 Å². The highest BCUT2D eigenvalue weighted by Gasteiger charge is 2.28. The van der Waals surface area contributed by atoms with Crippen LogP contribution in [0.2, 0.25) is 10.0 Å². The third-order valence-corrected chi connectivity index (χ3v) is 7.92. The highest BCUT2D eigenvalue weighted by Crippen LogP contribution is 2.39. The number of azo groups is 1. The Labute approximate surface area is 317 Å². The summed E-state index contributed by atoms with van der Waals surface area (Å²) in [6.07, 6.45) is 0. The molecule has 5 rings (SSSR count). The first-order valence-corrected chi connectivity index (χ1v) is 16.0. The number of nitrogen functional groups attached to an aromatic ring is 1. The van der Waals surface area contributed by atoms with E-state index in [-0.39, 0.29) is 90.0 Å². The molecule has 9 N–H and O–H groups in total. The van der Waals surface area contributed by atoms with Crippen LogP contribution in [0.3, 0.4) is 0 Å². The number of rotatable bonds is 12. The minimum Gasteiger partial charge on any atom is -0.478 e. The number of carbonyl (C=O) groups is 5. The van der Waals surface area contributed by atoms with Gasteiger partial charge < -0.3 is 41.9 Å². The van der Waals surface area contributed by atoms with E-state index < -0.39 is 35.3 Å². The number of nitrogens with zero attached hydrogens (tertiary/aromatic N) is 7. The van der Waals surface area contributed by atoms with Gasteiger partial charge >= 0.3 is 29.8 Å². The molecule has 0 amide bonds. The van der Waals surface area contributed by atoms with Crippen LogP contribution in [0.25, 0.3) is 5.95 Å². The monoisotopic (exact) mass is 792 g/mol. The van der Waals surface area contributed by atoms with Crippen molar-refractivity contribution in [2.75, 3.05) is 16.4 Å². The number of carboxylic acids is 5. The molecule has 282 valence electrons. The maximum absolute atomic E-state index is 11.8. The van der Waals surface area contributed by atoms with Gasteiger partial charge in [-0.05, 0) is 48.5 Å². The third-order valence-electron chi connectivity index (χ3n) is 7.31. The van der Waals surface area contributed by atoms with Crippen molar-refractivity contribution < 1.29 is 49.5 Å². The number of nitrogens with one attached hydrogen (secondary N) is 2. The van der Waals surface area contributed by atoms with E-state index in [9.17, 15) is 49.5 Å². The van der Waals surface area contributed by atoms with E-state index in [4.69, 9.17) is 28.9 Å². The molecule has 0 aliphatic rings. The van der Waals surface area contributed by atoms with Crippen LogP contribution in [0.15, 0.2) is 58.8 Å². The first-order chi connectivity index (χ1) is 25.7. The van der Waals surface area contributed by atoms with Crippen LogP contribution in [-0.4, -0.2) is 80.1 Å².